The highest BCUT2D eigenvalue weighted by atomic mass is 35.5. The summed E-state index contributed by atoms with van der Waals surface area (Å²) in [6, 6.07) is 14.3. The van der Waals surface area contributed by atoms with Crippen molar-refractivity contribution in [3.63, 3.8) is 0 Å². The molecule has 2 saturated heterocycles. The number of aryl methyl sites for hydroxylation is 2. The molecule has 4 unspecified atom stereocenters. The van der Waals surface area contributed by atoms with Gasteiger partial charge in [-0.15, -0.1) is 0 Å². The number of rotatable bonds is 6. The van der Waals surface area contributed by atoms with Crippen LogP contribution in [-0.4, -0.2) is 59.5 Å². The van der Waals surface area contributed by atoms with Crippen LogP contribution < -0.4 is 5.32 Å². The van der Waals surface area contributed by atoms with Crippen molar-refractivity contribution in [1.82, 2.24) is 14.9 Å². The average Bonchev–Trinajstić information content (AvgIpc) is 3.05. The van der Waals surface area contributed by atoms with Crippen LogP contribution in [0.3, 0.4) is 0 Å². The molecule has 0 saturated carbocycles. The van der Waals surface area contributed by atoms with E-state index in [1.807, 2.05) is 0 Å². The Morgan fingerprint density at radius 1 is 1.00 bits per heavy atom. The first-order valence-corrected chi connectivity index (χ1v) is 16.9. The number of ether oxygens (including phenoxy) is 1. The highest BCUT2D eigenvalue weighted by Gasteiger charge is 2.41. The van der Waals surface area contributed by atoms with Gasteiger partial charge in [-0.3, -0.25) is 4.90 Å². The Balaban J connectivity index is 1.22. The Kier molecular flexibility index (Phi) is 7.53. The number of nitrogens with zero attached hydrogens (tertiary/aromatic N) is 3. The minimum Gasteiger partial charge on any atom is -0.378 e. The molecule has 3 aliphatic rings. The van der Waals surface area contributed by atoms with E-state index >= 15 is 0 Å². The second-order valence-corrected chi connectivity index (χ2v) is 15.3. The predicted molar refractivity (Wildman–Crippen MR) is 154 cm³/mol. The zero-order chi connectivity index (χ0) is 27.1. The number of nitrogens with one attached hydrogen (secondary N) is 1. The van der Waals surface area contributed by atoms with Crippen LogP contribution in [0.2, 0.25) is 5.02 Å². The third-order valence-electron chi connectivity index (χ3n) is 8.51. The van der Waals surface area contributed by atoms with Gasteiger partial charge < -0.3 is 14.6 Å². The van der Waals surface area contributed by atoms with Gasteiger partial charge in [0.15, 0.2) is 0 Å². The smallest absolute Gasteiger partial charge is 0.227 e. The molecule has 2 aliphatic heterocycles. The quantitative estimate of drug-likeness (QED) is 0.259. The second-order valence-electron chi connectivity index (χ2n) is 11.5. The summed E-state index contributed by atoms with van der Waals surface area (Å²) in [4.78, 5) is 11.9. The summed E-state index contributed by atoms with van der Waals surface area (Å²) >= 11 is 6.54. The zero-order valence-electron chi connectivity index (χ0n) is 22.4. The number of aromatic nitrogens is 2. The summed E-state index contributed by atoms with van der Waals surface area (Å²) in [7, 11) is -2.74. The summed E-state index contributed by atoms with van der Waals surface area (Å²) in [5.74, 6) is 0.0498. The fourth-order valence-corrected chi connectivity index (χ4v) is 8.69. The Labute approximate surface area is 234 Å². The van der Waals surface area contributed by atoms with Crippen LogP contribution >= 0.6 is 18.7 Å². The van der Waals surface area contributed by atoms with E-state index in [0.717, 1.165) is 38.2 Å². The monoisotopic (exact) mass is 568 g/mol. The van der Waals surface area contributed by atoms with Crippen LogP contribution in [0.15, 0.2) is 48.7 Å². The molecule has 0 amide bonds. The molecule has 0 radical (unpaired) electrons. The van der Waals surface area contributed by atoms with Crippen molar-refractivity contribution in [3.8, 4) is 0 Å². The maximum absolute atomic E-state index is 13.6. The molecule has 2 bridgehead atoms. The van der Waals surface area contributed by atoms with Crippen LogP contribution in [0.5, 0.6) is 0 Å². The predicted octanol–water partition coefficient (Wildman–Crippen LogP) is 6.84. The van der Waals surface area contributed by atoms with Crippen molar-refractivity contribution in [1.29, 1.82) is 0 Å². The molecule has 3 aromatic rings. The van der Waals surface area contributed by atoms with Gasteiger partial charge in [-0.2, -0.15) is 0 Å². The van der Waals surface area contributed by atoms with E-state index in [9.17, 15) is 8.96 Å². The molecule has 9 heteroatoms. The fraction of sp³-hybridized carbons (Fsp3) is 0.467. The van der Waals surface area contributed by atoms with Gasteiger partial charge in [0.25, 0.3) is 0 Å². The first kappa shape index (κ1) is 26.9. The van der Waals surface area contributed by atoms with Crippen molar-refractivity contribution in [3.05, 3.63) is 81.9 Å². The van der Waals surface area contributed by atoms with Gasteiger partial charge in [-0.1, -0.05) is 29.8 Å². The summed E-state index contributed by atoms with van der Waals surface area (Å²) in [5, 5.41) is 3.69. The van der Waals surface area contributed by atoms with Crippen molar-refractivity contribution >= 4 is 30.4 Å². The molecule has 6 rings (SSSR count). The standard InChI is InChI=1S/C30H35ClFN4O2P/c1-39(2,37)29(20-3-8-22(32)9-4-20)28-27(31)16-33-30(35-28)34-23-10-5-19-6-11-24(12-7-21(19)15-23)36-25-13-14-26(36)18-38-17-25/h3-5,8-10,15-16,24-26,29H,6-7,11-14,17-18H2,1-2H3,(H,33,34,35). The molecule has 1 aliphatic carbocycles. The molecule has 206 valence electrons. The number of fused-ring (bicyclic) bond motifs is 3. The van der Waals surface area contributed by atoms with E-state index in [1.165, 1.54) is 42.5 Å². The second kappa shape index (κ2) is 10.9. The van der Waals surface area contributed by atoms with E-state index in [1.54, 1.807) is 31.7 Å². The van der Waals surface area contributed by atoms with E-state index in [4.69, 9.17) is 21.3 Å². The topological polar surface area (TPSA) is 67.4 Å². The molecule has 2 fully saturated rings. The molecular formula is C30H35ClFN4O2P. The Morgan fingerprint density at radius 2 is 1.69 bits per heavy atom. The number of hydrogen-bond donors (Lipinski definition) is 1. The third kappa shape index (κ3) is 5.65. The van der Waals surface area contributed by atoms with Gasteiger partial charge in [0.05, 0.1) is 42.9 Å². The molecule has 6 nitrogen and oxygen atoms in total. The first-order chi connectivity index (χ1) is 18.8. The lowest BCUT2D eigenvalue weighted by molar-refractivity contribution is -0.0389. The van der Waals surface area contributed by atoms with Gasteiger partial charge in [-0.25, -0.2) is 14.4 Å². The summed E-state index contributed by atoms with van der Waals surface area (Å²) in [6.07, 6.45) is 8.55. The van der Waals surface area contributed by atoms with Crippen LogP contribution in [0, 0.1) is 5.82 Å². The Hall–Kier alpha value is -2.31. The normalized spacial score (nSPS) is 24.2. The fourth-order valence-electron chi connectivity index (χ4n) is 6.74. The lowest BCUT2D eigenvalue weighted by atomic mass is 10.0. The first-order valence-electron chi connectivity index (χ1n) is 13.8. The lowest BCUT2D eigenvalue weighted by Gasteiger charge is -2.40. The van der Waals surface area contributed by atoms with E-state index in [0.29, 0.717) is 40.4 Å². The minimum atomic E-state index is -2.74. The molecule has 2 aromatic carbocycles. The number of benzene rings is 2. The van der Waals surface area contributed by atoms with E-state index < -0.39 is 12.8 Å². The van der Waals surface area contributed by atoms with Gasteiger partial charge >= 0.3 is 0 Å². The molecule has 1 aromatic heterocycles. The average molecular weight is 569 g/mol. The maximum Gasteiger partial charge on any atom is 0.227 e. The highest BCUT2D eigenvalue weighted by Crippen LogP contribution is 2.57. The third-order valence-corrected chi connectivity index (χ3v) is 10.6. The van der Waals surface area contributed by atoms with Crippen molar-refractivity contribution in [2.75, 3.05) is 31.9 Å². The van der Waals surface area contributed by atoms with Gasteiger partial charge in [-0.05, 0) is 92.8 Å². The Bertz CT molecular complexity index is 1380. The molecule has 1 N–H and O–H groups in total. The van der Waals surface area contributed by atoms with E-state index in [2.05, 4.69) is 33.4 Å². The number of halogens is 2. The van der Waals surface area contributed by atoms with Gasteiger partial charge in [0, 0.05) is 23.8 Å². The van der Waals surface area contributed by atoms with Crippen LogP contribution in [0.1, 0.15) is 53.7 Å². The van der Waals surface area contributed by atoms with Crippen LogP contribution in [0.4, 0.5) is 16.0 Å². The summed E-state index contributed by atoms with van der Waals surface area (Å²) in [5.41, 5.74) is 4.33. The highest BCUT2D eigenvalue weighted by molar-refractivity contribution is 7.63. The van der Waals surface area contributed by atoms with E-state index in [-0.39, 0.29) is 5.82 Å². The number of morpholine rings is 1. The van der Waals surface area contributed by atoms with Crippen molar-refractivity contribution in [2.45, 2.75) is 62.3 Å². The molecule has 0 spiro atoms. The maximum atomic E-state index is 13.6. The summed E-state index contributed by atoms with van der Waals surface area (Å²) in [6.45, 7) is 5.17. The Morgan fingerprint density at radius 3 is 2.38 bits per heavy atom. The number of hydrogen-bond acceptors (Lipinski definition) is 6. The lowest BCUT2D eigenvalue weighted by Crippen LogP contribution is -2.51. The zero-order valence-corrected chi connectivity index (χ0v) is 24.1. The minimum absolute atomic E-state index is 0.337. The molecule has 39 heavy (non-hydrogen) atoms. The van der Waals surface area contributed by atoms with Crippen LogP contribution in [0.25, 0.3) is 0 Å². The molecule has 3 heterocycles. The number of anilines is 2. The van der Waals surface area contributed by atoms with Crippen molar-refractivity contribution < 1.29 is 13.7 Å². The van der Waals surface area contributed by atoms with Gasteiger partial charge in [0.1, 0.15) is 5.82 Å². The largest absolute Gasteiger partial charge is 0.378 e. The van der Waals surface area contributed by atoms with Gasteiger partial charge in [0.2, 0.25) is 5.95 Å². The van der Waals surface area contributed by atoms with Crippen molar-refractivity contribution in [2.24, 2.45) is 0 Å². The molecular weight excluding hydrogens is 534 g/mol. The summed E-state index contributed by atoms with van der Waals surface area (Å²) < 4.78 is 32.8. The van der Waals surface area contributed by atoms with Crippen LogP contribution in [-0.2, 0) is 22.1 Å². The molecule has 4 atom stereocenters. The SMILES string of the molecule is CP(C)(=O)C(c1ccc(F)cc1)c1nc(Nc2ccc3c(c2)CCC(N2C4CCC2COC4)CC3)ncc1Cl.